The number of halogens is 5. The molecule has 0 spiro atoms. The van der Waals surface area contributed by atoms with Gasteiger partial charge in [-0.2, -0.15) is 8.78 Å². The number of hydrogen-bond acceptors (Lipinski definition) is 1. The maximum Gasteiger partial charge on any atom is 0.358 e. The van der Waals surface area contributed by atoms with E-state index < -0.39 is 49.5 Å². The van der Waals surface area contributed by atoms with Crippen LogP contribution in [0.1, 0.15) is 84.0 Å². The monoisotopic (exact) mass is 410 g/mol. The van der Waals surface area contributed by atoms with Gasteiger partial charge in [0, 0.05) is 12.8 Å². The summed E-state index contributed by atoms with van der Waals surface area (Å²) in [6.45, 7) is 2.22. The molecule has 2 atom stereocenters. The Labute approximate surface area is 165 Å². The molecular formula is C22H35F5O. The van der Waals surface area contributed by atoms with E-state index in [-0.39, 0.29) is 0 Å². The second-order valence-electron chi connectivity index (χ2n) is 9.43. The zero-order valence-electron chi connectivity index (χ0n) is 16.9. The first-order valence-electron chi connectivity index (χ1n) is 11.3. The van der Waals surface area contributed by atoms with Crippen molar-refractivity contribution in [2.45, 2.75) is 115 Å². The van der Waals surface area contributed by atoms with Crippen LogP contribution in [0.5, 0.6) is 0 Å². The predicted molar refractivity (Wildman–Crippen MR) is 99.5 cm³/mol. The number of alkyl halides is 5. The number of ether oxygens (including phenoxy) is 1. The molecule has 0 aromatic rings. The summed E-state index contributed by atoms with van der Waals surface area (Å²) in [5.41, 5.74) is 0. The highest BCUT2D eigenvalue weighted by molar-refractivity contribution is 4.89. The molecule has 3 saturated carbocycles. The van der Waals surface area contributed by atoms with Crippen molar-refractivity contribution in [2.24, 2.45) is 23.7 Å². The average molecular weight is 411 g/mol. The molecule has 2 unspecified atom stereocenters. The highest BCUT2D eigenvalue weighted by Gasteiger charge is 2.48. The van der Waals surface area contributed by atoms with Crippen LogP contribution >= 0.6 is 0 Å². The third-order valence-electron chi connectivity index (χ3n) is 7.49. The van der Waals surface area contributed by atoms with E-state index in [0.29, 0.717) is 24.7 Å². The first kappa shape index (κ1) is 22.3. The van der Waals surface area contributed by atoms with Gasteiger partial charge in [0.25, 0.3) is 0 Å². The van der Waals surface area contributed by atoms with Gasteiger partial charge in [0.05, 0.1) is 12.0 Å². The molecule has 0 aromatic carbocycles. The van der Waals surface area contributed by atoms with Crippen molar-refractivity contribution in [3.8, 4) is 0 Å². The zero-order valence-corrected chi connectivity index (χ0v) is 16.9. The topological polar surface area (TPSA) is 9.23 Å². The molecular weight excluding hydrogens is 375 g/mol. The number of rotatable bonds is 6. The minimum Gasteiger partial charge on any atom is -0.317 e. The fourth-order valence-electron chi connectivity index (χ4n) is 5.78. The second-order valence-corrected chi connectivity index (χ2v) is 9.43. The van der Waals surface area contributed by atoms with Gasteiger partial charge in [-0.25, -0.2) is 13.2 Å². The van der Waals surface area contributed by atoms with Crippen molar-refractivity contribution in [1.29, 1.82) is 0 Å². The molecule has 0 bridgehead atoms. The highest BCUT2D eigenvalue weighted by Crippen LogP contribution is 2.46. The van der Waals surface area contributed by atoms with Crippen LogP contribution in [0.4, 0.5) is 22.0 Å². The Morgan fingerprint density at radius 1 is 0.786 bits per heavy atom. The van der Waals surface area contributed by atoms with E-state index in [9.17, 15) is 22.0 Å². The van der Waals surface area contributed by atoms with Gasteiger partial charge in [0.15, 0.2) is 6.17 Å². The van der Waals surface area contributed by atoms with Crippen LogP contribution in [0.25, 0.3) is 0 Å². The minimum absolute atomic E-state index is 0.392. The second kappa shape index (κ2) is 9.61. The minimum atomic E-state index is -3.39. The van der Waals surface area contributed by atoms with E-state index in [1.165, 1.54) is 38.5 Å². The molecule has 1 nitrogen and oxygen atoms in total. The Bertz CT molecular complexity index is 460. The third-order valence-corrected chi connectivity index (χ3v) is 7.49. The van der Waals surface area contributed by atoms with Crippen molar-refractivity contribution in [3.63, 3.8) is 0 Å². The molecule has 164 valence electrons. The summed E-state index contributed by atoms with van der Waals surface area (Å²) in [4.78, 5) is 0. The Hall–Kier alpha value is -0.390. The summed E-state index contributed by atoms with van der Waals surface area (Å²) in [6.07, 6.45) is -2.15. The van der Waals surface area contributed by atoms with Crippen molar-refractivity contribution in [3.05, 3.63) is 0 Å². The first-order chi connectivity index (χ1) is 13.3. The summed E-state index contributed by atoms with van der Waals surface area (Å²) in [7, 11) is 0. The van der Waals surface area contributed by atoms with E-state index >= 15 is 0 Å². The molecule has 0 N–H and O–H groups in total. The van der Waals surface area contributed by atoms with E-state index in [1.807, 2.05) is 0 Å². The van der Waals surface area contributed by atoms with Gasteiger partial charge in [-0.3, -0.25) is 0 Å². The Kier molecular flexibility index (Phi) is 7.66. The van der Waals surface area contributed by atoms with Crippen LogP contribution < -0.4 is 0 Å². The predicted octanol–water partition coefficient (Wildman–Crippen LogP) is 7.19. The summed E-state index contributed by atoms with van der Waals surface area (Å²) in [6, 6.07) is 0. The van der Waals surface area contributed by atoms with Gasteiger partial charge in [-0.1, -0.05) is 32.6 Å². The molecule has 28 heavy (non-hydrogen) atoms. The summed E-state index contributed by atoms with van der Waals surface area (Å²) in [5.74, 6) is 1.11. The lowest BCUT2D eigenvalue weighted by molar-refractivity contribution is -0.306. The van der Waals surface area contributed by atoms with Gasteiger partial charge < -0.3 is 4.74 Å². The lowest BCUT2D eigenvalue weighted by Crippen LogP contribution is -2.45. The third kappa shape index (κ3) is 5.40. The van der Waals surface area contributed by atoms with Crippen molar-refractivity contribution in [2.75, 3.05) is 0 Å². The first-order valence-corrected chi connectivity index (χ1v) is 11.3. The Morgan fingerprint density at radius 2 is 1.29 bits per heavy atom. The molecule has 6 heteroatoms. The van der Waals surface area contributed by atoms with Crippen LogP contribution in [-0.2, 0) is 4.74 Å². The summed E-state index contributed by atoms with van der Waals surface area (Å²) in [5, 5.41) is 0. The molecule has 3 aliphatic carbocycles. The number of hydrogen-bond donors (Lipinski definition) is 0. The van der Waals surface area contributed by atoms with Crippen molar-refractivity contribution in [1.82, 2.24) is 0 Å². The highest BCUT2D eigenvalue weighted by atomic mass is 19.3. The van der Waals surface area contributed by atoms with E-state index in [1.54, 1.807) is 0 Å². The van der Waals surface area contributed by atoms with Gasteiger partial charge in [-0.05, 0) is 56.3 Å². The van der Waals surface area contributed by atoms with E-state index in [2.05, 4.69) is 6.92 Å². The van der Waals surface area contributed by atoms with Crippen LogP contribution in [0.15, 0.2) is 0 Å². The molecule has 3 rings (SSSR count). The fraction of sp³-hybridized carbons (Fsp3) is 1.00. The lowest BCUT2D eigenvalue weighted by atomic mass is 9.68. The van der Waals surface area contributed by atoms with Crippen LogP contribution in [0.3, 0.4) is 0 Å². The standard InChI is InChI=1S/C22H35F5O/c1-2-3-14-4-6-15(7-5-14)16-8-10-17(11-9-16)22(26,27)28-18-12-19(23)21(25)20(24)13-18/h14-21H,2-13H2,1H3. The maximum absolute atomic E-state index is 14.6. The average Bonchev–Trinajstić information content (AvgIpc) is 2.67. The van der Waals surface area contributed by atoms with Crippen LogP contribution in [-0.4, -0.2) is 30.7 Å². The molecule has 0 saturated heterocycles. The molecule has 0 radical (unpaired) electrons. The SMILES string of the molecule is CCCC1CCC(C2CCC(C(F)(F)OC3CC(F)C(F)C(F)C3)CC2)CC1. The molecule has 0 amide bonds. The van der Waals surface area contributed by atoms with Gasteiger partial charge in [0.1, 0.15) is 12.3 Å². The van der Waals surface area contributed by atoms with Crippen LogP contribution in [0, 0.1) is 23.7 Å². The quantitative estimate of drug-likeness (QED) is 0.421. The molecule has 3 fully saturated rings. The smallest absolute Gasteiger partial charge is 0.317 e. The van der Waals surface area contributed by atoms with E-state index in [4.69, 9.17) is 4.74 Å². The largest absolute Gasteiger partial charge is 0.358 e. The maximum atomic E-state index is 14.6. The summed E-state index contributed by atoms with van der Waals surface area (Å²) >= 11 is 0. The lowest BCUT2D eigenvalue weighted by Gasteiger charge is -2.40. The van der Waals surface area contributed by atoms with Crippen LogP contribution in [0.2, 0.25) is 0 Å². The zero-order chi connectivity index (χ0) is 20.3. The van der Waals surface area contributed by atoms with E-state index in [0.717, 1.165) is 18.8 Å². The van der Waals surface area contributed by atoms with Gasteiger partial charge in [-0.15, -0.1) is 0 Å². The molecule has 0 aromatic heterocycles. The molecule has 0 heterocycles. The van der Waals surface area contributed by atoms with Crippen molar-refractivity contribution >= 4 is 0 Å². The Balaban J connectivity index is 1.45. The van der Waals surface area contributed by atoms with Gasteiger partial charge in [0.2, 0.25) is 0 Å². The molecule has 0 aliphatic heterocycles. The van der Waals surface area contributed by atoms with Gasteiger partial charge >= 0.3 is 6.11 Å². The normalized spacial score (nSPS) is 43.1. The fourth-order valence-corrected chi connectivity index (χ4v) is 5.78. The Morgan fingerprint density at radius 3 is 1.79 bits per heavy atom. The molecule has 3 aliphatic rings. The van der Waals surface area contributed by atoms with Crippen molar-refractivity contribution < 1.29 is 26.7 Å². The summed E-state index contributed by atoms with van der Waals surface area (Å²) < 4.78 is 74.2.